The lowest BCUT2D eigenvalue weighted by Crippen LogP contribution is -2.40. The molecule has 0 aliphatic rings. The highest BCUT2D eigenvalue weighted by molar-refractivity contribution is 5.98. The van der Waals surface area contributed by atoms with Crippen molar-refractivity contribution in [1.29, 1.82) is 0 Å². The van der Waals surface area contributed by atoms with E-state index in [4.69, 9.17) is 10.5 Å². The average Bonchev–Trinajstić information content (AvgIpc) is 2.45. The lowest BCUT2D eigenvalue weighted by molar-refractivity contribution is -0.385. The van der Waals surface area contributed by atoms with E-state index in [0.29, 0.717) is 6.54 Å². The molecule has 0 radical (unpaired) electrons. The number of hydrogen-bond acceptors (Lipinski definition) is 5. The van der Waals surface area contributed by atoms with Crippen molar-refractivity contribution < 1.29 is 14.5 Å². The highest BCUT2D eigenvalue weighted by Crippen LogP contribution is 2.30. The minimum atomic E-state index is -0.581. The molecule has 0 bridgehead atoms. The van der Waals surface area contributed by atoms with Crippen LogP contribution in [0, 0.1) is 10.1 Å². The summed E-state index contributed by atoms with van der Waals surface area (Å²) in [6.45, 7) is 2.31. The molecular weight excluding hydrogens is 262 g/mol. The van der Waals surface area contributed by atoms with Crippen LogP contribution in [-0.4, -0.2) is 30.5 Å². The molecule has 0 aliphatic heterocycles. The number of nitro groups is 1. The van der Waals surface area contributed by atoms with Crippen molar-refractivity contribution in [2.75, 3.05) is 13.7 Å². The van der Waals surface area contributed by atoms with Gasteiger partial charge < -0.3 is 15.8 Å². The largest absolute Gasteiger partial charge is 0.490 e. The van der Waals surface area contributed by atoms with E-state index in [0.717, 1.165) is 12.8 Å². The van der Waals surface area contributed by atoms with Crippen molar-refractivity contribution in [2.24, 2.45) is 5.73 Å². The fourth-order valence-electron chi connectivity index (χ4n) is 1.92. The zero-order valence-electron chi connectivity index (χ0n) is 11.6. The van der Waals surface area contributed by atoms with Crippen LogP contribution in [0.5, 0.6) is 5.75 Å². The van der Waals surface area contributed by atoms with Crippen LogP contribution in [0.4, 0.5) is 5.69 Å². The van der Waals surface area contributed by atoms with Gasteiger partial charge in [-0.05, 0) is 12.5 Å². The first-order chi connectivity index (χ1) is 9.54. The maximum atomic E-state index is 12.2. The van der Waals surface area contributed by atoms with Crippen LogP contribution >= 0.6 is 0 Å². The van der Waals surface area contributed by atoms with E-state index >= 15 is 0 Å². The molecule has 1 aromatic rings. The predicted molar refractivity (Wildman–Crippen MR) is 74.9 cm³/mol. The zero-order valence-corrected chi connectivity index (χ0v) is 11.6. The Morgan fingerprint density at radius 2 is 2.25 bits per heavy atom. The Balaban J connectivity index is 3.03. The molecule has 1 amide bonds. The van der Waals surface area contributed by atoms with Gasteiger partial charge in [0.1, 0.15) is 0 Å². The molecule has 20 heavy (non-hydrogen) atoms. The van der Waals surface area contributed by atoms with E-state index in [9.17, 15) is 14.9 Å². The Labute approximate surface area is 117 Å². The second-order valence-electron chi connectivity index (χ2n) is 4.31. The average molecular weight is 281 g/mol. The summed E-state index contributed by atoms with van der Waals surface area (Å²) in [4.78, 5) is 22.5. The van der Waals surface area contributed by atoms with Crippen LogP contribution in [-0.2, 0) is 0 Å². The molecule has 1 unspecified atom stereocenters. The molecule has 0 heterocycles. The van der Waals surface area contributed by atoms with Gasteiger partial charge >= 0.3 is 5.69 Å². The number of nitrogens with two attached hydrogens (primary N) is 1. The van der Waals surface area contributed by atoms with Gasteiger partial charge in [-0.15, -0.1) is 0 Å². The van der Waals surface area contributed by atoms with E-state index in [1.54, 1.807) is 0 Å². The fourth-order valence-corrected chi connectivity index (χ4v) is 1.92. The summed E-state index contributed by atoms with van der Waals surface area (Å²) >= 11 is 0. The maximum Gasteiger partial charge on any atom is 0.311 e. The molecule has 0 fully saturated rings. The van der Waals surface area contributed by atoms with Crippen molar-refractivity contribution in [3.63, 3.8) is 0 Å². The molecule has 0 aliphatic carbocycles. The topological polar surface area (TPSA) is 107 Å². The Kier molecular flexibility index (Phi) is 5.92. The zero-order chi connectivity index (χ0) is 15.1. The Morgan fingerprint density at radius 3 is 2.75 bits per heavy atom. The molecular formula is C13H19N3O4. The number of hydrogen-bond donors (Lipinski definition) is 2. The van der Waals surface area contributed by atoms with Crippen molar-refractivity contribution in [2.45, 2.75) is 25.8 Å². The van der Waals surface area contributed by atoms with Gasteiger partial charge in [-0.3, -0.25) is 14.9 Å². The summed E-state index contributed by atoms with van der Waals surface area (Å²) in [7, 11) is 1.30. The van der Waals surface area contributed by atoms with Gasteiger partial charge in [-0.25, -0.2) is 0 Å². The normalized spacial score (nSPS) is 11.8. The smallest absolute Gasteiger partial charge is 0.311 e. The summed E-state index contributed by atoms with van der Waals surface area (Å²) in [5, 5.41) is 13.7. The number of nitrogens with one attached hydrogen (secondary N) is 1. The van der Waals surface area contributed by atoms with Gasteiger partial charge in [0.15, 0.2) is 0 Å². The third-order valence-corrected chi connectivity index (χ3v) is 2.90. The highest BCUT2D eigenvalue weighted by atomic mass is 16.6. The molecule has 7 nitrogen and oxygen atoms in total. The number of nitrogens with zero attached hydrogens (tertiary/aromatic N) is 1. The van der Waals surface area contributed by atoms with Crippen molar-refractivity contribution in [1.82, 2.24) is 5.32 Å². The van der Waals surface area contributed by atoms with Crippen molar-refractivity contribution in [3.05, 3.63) is 33.9 Å². The monoisotopic (exact) mass is 281 g/mol. The van der Waals surface area contributed by atoms with Crippen LogP contribution in [0.15, 0.2) is 18.2 Å². The third kappa shape index (κ3) is 3.67. The highest BCUT2D eigenvalue weighted by Gasteiger charge is 2.23. The van der Waals surface area contributed by atoms with Gasteiger partial charge in [0.25, 0.3) is 5.91 Å². The molecule has 3 N–H and O–H groups in total. The summed E-state index contributed by atoms with van der Waals surface area (Å²) in [5.74, 6) is -0.461. The quantitative estimate of drug-likeness (QED) is 0.581. The molecule has 1 rings (SSSR count). The summed E-state index contributed by atoms with van der Waals surface area (Å²) in [6, 6.07) is 4.08. The number of nitro benzene ring substituents is 1. The minimum absolute atomic E-state index is 0.0396. The SMILES string of the molecule is CCCC(CN)NC(=O)c1cccc([N+](=O)[O-])c1OC. The first kappa shape index (κ1) is 15.9. The summed E-state index contributed by atoms with van der Waals surface area (Å²) < 4.78 is 5.00. The number of amides is 1. The van der Waals surface area contributed by atoms with Gasteiger partial charge in [0.2, 0.25) is 5.75 Å². The lowest BCUT2D eigenvalue weighted by Gasteiger charge is -2.16. The molecule has 1 aromatic carbocycles. The van der Waals surface area contributed by atoms with Crippen molar-refractivity contribution >= 4 is 11.6 Å². The molecule has 0 saturated heterocycles. The maximum absolute atomic E-state index is 12.2. The van der Waals surface area contributed by atoms with E-state index in [2.05, 4.69) is 5.32 Å². The van der Waals surface area contributed by atoms with Gasteiger partial charge in [-0.2, -0.15) is 0 Å². The molecule has 7 heteroatoms. The van der Waals surface area contributed by atoms with E-state index in [1.165, 1.54) is 25.3 Å². The third-order valence-electron chi connectivity index (χ3n) is 2.90. The predicted octanol–water partition coefficient (Wildman–Crippen LogP) is 1.46. The lowest BCUT2D eigenvalue weighted by atomic mass is 10.1. The molecule has 110 valence electrons. The number of methoxy groups -OCH3 is 1. The van der Waals surface area contributed by atoms with Gasteiger partial charge in [0.05, 0.1) is 17.6 Å². The number of rotatable bonds is 7. The van der Waals surface area contributed by atoms with E-state index in [1.807, 2.05) is 6.92 Å². The number of ether oxygens (including phenoxy) is 1. The number of para-hydroxylation sites is 1. The van der Waals surface area contributed by atoms with Crippen LogP contribution in [0.25, 0.3) is 0 Å². The summed E-state index contributed by atoms with van der Waals surface area (Å²) in [6.07, 6.45) is 1.63. The van der Waals surface area contributed by atoms with E-state index < -0.39 is 10.8 Å². The fraction of sp³-hybridized carbons (Fsp3) is 0.462. The van der Waals surface area contributed by atoms with Crippen LogP contribution in [0.1, 0.15) is 30.1 Å². The molecule has 0 spiro atoms. The molecule has 0 saturated carbocycles. The summed E-state index contributed by atoms with van der Waals surface area (Å²) in [5.41, 5.74) is 5.48. The Morgan fingerprint density at radius 1 is 1.55 bits per heavy atom. The Bertz CT molecular complexity index is 491. The number of carbonyl (C=O) groups excluding carboxylic acids is 1. The Hall–Kier alpha value is -2.15. The first-order valence-corrected chi connectivity index (χ1v) is 6.37. The standard InChI is InChI=1S/C13H19N3O4/c1-3-5-9(8-14)15-13(17)10-6-4-7-11(16(18)19)12(10)20-2/h4,6-7,9H,3,5,8,14H2,1-2H3,(H,15,17). The molecule has 0 aromatic heterocycles. The minimum Gasteiger partial charge on any atom is -0.490 e. The van der Waals surface area contributed by atoms with Gasteiger partial charge in [0, 0.05) is 18.7 Å². The molecule has 1 atom stereocenters. The van der Waals surface area contributed by atoms with Crippen LogP contribution in [0.2, 0.25) is 0 Å². The second kappa shape index (κ2) is 7.44. The van der Waals surface area contributed by atoms with Gasteiger partial charge in [-0.1, -0.05) is 19.4 Å². The second-order valence-corrected chi connectivity index (χ2v) is 4.31. The number of carbonyl (C=O) groups is 1. The van der Waals surface area contributed by atoms with Crippen molar-refractivity contribution in [3.8, 4) is 5.75 Å². The number of benzene rings is 1. The first-order valence-electron chi connectivity index (χ1n) is 6.37. The van der Waals surface area contributed by atoms with Crippen LogP contribution in [0.3, 0.4) is 0 Å². The van der Waals surface area contributed by atoms with E-state index in [-0.39, 0.29) is 23.0 Å². The van der Waals surface area contributed by atoms with Crippen LogP contribution < -0.4 is 15.8 Å².